The van der Waals surface area contributed by atoms with Crippen LogP contribution in [-0.2, 0) is 18.4 Å². The predicted octanol–water partition coefficient (Wildman–Crippen LogP) is 23.3. The number of hydrogen-bond donors (Lipinski definition) is 2. The summed E-state index contributed by atoms with van der Waals surface area (Å²) in [6.45, 7) is 4.67. The van der Waals surface area contributed by atoms with E-state index < -0.39 is 26.6 Å². The second-order valence-electron chi connectivity index (χ2n) is 26.6. The van der Waals surface area contributed by atoms with Crippen LogP contribution in [0.5, 0.6) is 0 Å². The molecule has 0 radical (unpaired) electrons. The molecule has 2 N–H and O–H groups in total. The molecule has 500 valence electrons. The normalized spacial score (nSPS) is 13.9. The first-order valence-corrected chi connectivity index (χ1v) is 38.6. The number of nitrogens with zero attached hydrogens (tertiary/aromatic N) is 1. The first kappa shape index (κ1) is 83.2. The Kier molecular flexibility index (Phi) is 65.2. The zero-order valence-electron chi connectivity index (χ0n) is 57.3. The lowest BCUT2D eigenvalue weighted by Gasteiger charge is -2.29. The maximum absolute atomic E-state index is 13.0. The van der Waals surface area contributed by atoms with Gasteiger partial charge < -0.3 is 28.8 Å². The van der Waals surface area contributed by atoms with E-state index in [9.17, 15) is 19.4 Å². The van der Waals surface area contributed by atoms with Crippen molar-refractivity contribution in [2.75, 3.05) is 40.9 Å². The van der Waals surface area contributed by atoms with Gasteiger partial charge in [-0.3, -0.25) is 9.36 Å². The van der Waals surface area contributed by atoms with Crippen LogP contribution in [0, 0.1) is 0 Å². The number of hydrogen-bond acceptors (Lipinski definition) is 6. The monoisotopic (exact) mass is 1210 g/mol. The Bertz CT molecular complexity index is 1570. The zero-order chi connectivity index (χ0) is 61.9. The van der Waals surface area contributed by atoms with Crippen molar-refractivity contribution in [3.8, 4) is 0 Å². The molecule has 0 saturated carbocycles. The second-order valence-corrected chi connectivity index (χ2v) is 28.0. The minimum Gasteiger partial charge on any atom is -0.756 e. The number of unbranched alkanes of at least 4 members (excludes halogenated alkanes) is 48. The number of rotatable bonds is 69. The Morgan fingerprint density at radius 1 is 0.412 bits per heavy atom. The predicted molar refractivity (Wildman–Crippen MR) is 371 cm³/mol. The Labute approximate surface area is 530 Å². The molecule has 85 heavy (non-hydrogen) atoms. The summed E-state index contributed by atoms with van der Waals surface area (Å²) in [5.41, 5.74) is 0. The summed E-state index contributed by atoms with van der Waals surface area (Å²) in [5, 5.41) is 13.9. The Balaban J connectivity index is 4.02. The van der Waals surface area contributed by atoms with Crippen LogP contribution in [0.25, 0.3) is 0 Å². The van der Waals surface area contributed by atoms with Gasteiger partial charge in [-0.1, -0.05) is 344 Å². The van der Waals surface area contributed by atoms with Crippen LogP contribution in [-0.4, -0.2) is 68.5 Å². The van der Waals surface area contributed by atoms with Gasteiger partial charge in [0.1, 0.15) is 13.2 Å². The fraction of sp³-hybridized carbons (Fsp3) is 0.855. The molecule has 9 heteroatoms. The number of carbonyl (C=O) groups is 1. The van der Waals surface area contributed by atoms with Gasteiger partial charge in [-0.15, -0.1) is 0 Å². The number of carbonyl (C=O) groups excluding carboxylic acids is 1. The molecule has 0 spiro atoms. The lowest BCUT2D eigenvalue weighted by molar-refractivity contribution is -0.870. The molecule has 0 rings (SSSR count). The molecular weight excluding hydrogens is 1070 g/mol. The third kappa shape index (κ3) is 69.5. The second kappa shape index (κ2) is 66.6. The van der Waals surface area contributed by atoms with E-state index in [4.69, 9.17) is 9.05 Å². The summed E-state index contributed by atoms with van der Waals surface area (Å²) < 4.78 is 23.4. The number of allylic oxidation sites excluding steroid dienone is 9. The van der Waals surface area contributed by atoms with Gasteiger partial charge in [0.2, 0.25) is 5.91 Å². The number of phosphoric acid groups is 1. The lowest BCUT2D eigenvalue weighted by atomic mass is 10.0. The van der Waals surface area contributed by atoms with Crippen molar-refractivity contribution < 1.29 is 32.9 Å². The van der Waals surface area contributed by atoms with Crippen LogP contribution < -0.4 is 10.2 Å². The fourth-order valence-corrected chi connectivity index (χ4v) is 11.9. The van der Waals surface area contributed by atoms with Gasteiger partial charge in [0, 0.05) is 6.42 Å². The van der Waals surface area contributed by atoms with Crippen molar-refractivity contribution >= 4 is 13.7 Å². The topological polar surface area (TPSA) is 108 Å². The number of aliphatic hydroxyl groups excluding tert-OH is 1. The highest BCUT2D eigenvalue weighted by atomic mass is 31.2. The first-order valence-electron chi connectivity index (χ1n) is 37.2. The van der Waals surface area contributed by atoms with E-state index in [2.05, 4.69) is 67.8 Å². The number of phosphoric ester groups is 1. The van der Waals surface area contributed by atoms with Crippen molar-refractivity contribution in [2.45, 2.75) is 379 Å². The molecule has 0 bridgehead atoms. The van der Waals surface area contributed by atoms with Gasteiger partial charge in [0.25, 0.3) is 7.82 Å². The van der Waals surface area contributed by atoms with Crippen molar-refractivity contribution in [3.05, 3.63) is 60.8 Å². The average Bonchev–Trinajstić information content (AvgIpc) is 3.49. The number of nitrogens with one attached hydrogen (secondary N) is 1. The third-order valence-electron chi connectivity index (χ3n) is 16.9. The van der Waals surface area contributed by atoms with Crippen molar-refractivity contribution in [1.29, 1.82) is 0 Å². The van der Waals surface area contributed by atoms with E-state index in [1.54, 1.807) is 6.08 Å². The average molecular weight is 1210 g/mol. The van der Waals surface area contributed by atoms with E-state index >= 15 is 0 Å². The molecule has 0 aromatic rings. The van der Waals surface area contributed by atoms with Crippen LogP contribution >= 0.6 is 7.82 Å². The fourth-order valence-electron chi connectivity index (χ4n) is 11.2. The molecule has 0 aliphatic rings. The molecule has 0 aliphatic heterocycles. The largest absolute Gasteiger partial charge is 0.756 e. The minimum absolute atomic E-state index is 0.00929. The lowest BCUT2D eigenvalue weighted by Crippen LogP contribution is -2.45. The van der Waals surface area contributed by atoms with Crippen LogP contribution in [0.1, 0.15) is 367 Å². The van der Waals surface area contributed by atoms with Crippen molar-refractivity contribution in [3.63, 3.8) is 0 Å². The molecule has 3 unspecified atom stereocenters. The molecule has 0 heterocycles. The van der Waals surface area contributed by atoms with Crippen molar-refractivity contribution in [1.82, 2.24) is 5.32 Å². The Morgan fingerprint density at radius 2 is 0.694 bits per heavy atom. The molecule has 0 aliphatic carbocycles. The quantitative estimate of drug-likeness (QED) is 0.0272. The molecule has 1 amide bonds. The third-order valence-corrected chi connectivity index (χ3v) is 17.9. The highest BCUT2D eigenvalue weighted by molar-refractivity contribution is 7.45. The number of amides is 1. The summed E-state index contributed by atoms with van der Waals surface area (Å²) in [6, 6.07) is -0.913. The molecule has 0 aromatic carbocycles. The van der Waals surface area contributed by atoms with E-state index in [0.29, 0.717) is 17.4 Å². The Morgan fingerprint density at radius 3 is 1.02 bits per heavy atom. The molecule has 0 aromatic heterocycles. The molecule has 8 nitrogen and oxygen atoms in total. The highest BCUT2D eigenvalue weighted by Crippen LogP contribution is 2.38. The Hall–Kier alpha value is -1.80. The van der Waals surface area contributed by atoms with Crippen LogP contribution in [0.15, 0.2) is 60.8 Å². The number of likely N-dealkylation sites (N-methyl/N-ethyl adjacent to an activating group) is 1. The van der Waals surface area contributed by atoms with E-state index in [1.807, 2.05) is 27.2 Å². The summed E-state index contributed by atoms with van der Waals surface area (Å²) in [7, 11) is 1.24. The summed E-state index contributed by atoms with van der Waals surface area (Å²) >= 11 is 0. The van der Waals surface area contributed by atoms with E-state index in [0.717, 1.165) is 51.4 Å². The first-order chi connectivity index (χ1) is 41.5. The molecular formula is C76H145N2O6P. The maximum Gasteiger partial charge on any atom is 0.268 e. The summed E-state index contributed by atoms with van der Waals surface area (Å²) in [6.07, 6.45) is 92.3. The van der Waals surface area contributed by atoms with Gasteiger partial charge in [-0.2, -0.15) is 0 Å². The van der Waals surface area contributed by atoms with E-state index in [-0.39, 0.29) is 12.5 Å². The van der Waals surface area contributed by atoms with Crippen LogP contribution in [0.3, 0.4) is 0 Å². The molecule has 0 saturated heterocycles. The maximum atomic E-state index is 13.0. The number of quaternary nitrogens is 1. The standard InChI is InChI=1S/C76H145N2O6P/c1-6-8-10-12-14-16-18-20-22-24-26-28-30-32-33-34-35-36-37-38-39-40-41-42-43-44-45-46-48-50-52-54-56-58-60-62-64-66-68-70-76(80)77-74(73-84-85(81,82)83-72-71-78(3,4)5)75(79)69-67-65-63-61-59-57-55-53-51-49-47-31-29-27-25-23-21-19-17-15-13-11-9-7-2/h35-36,38-39,51,53,59,61,67,69,74-75,79H,6-34,37,40-50,52,54-58,60,62-66,68,70-73H2,1-5H3,(H-,77,80,81,82)/b36-35-,39-38-,53-51+,61-59+,69-67+. The van der Waals surface area contributed by atoms with Crippen LogP contribution in [0.2, 0.25) is 0 Å². The van der Waals surface area contributed by atoms with Gasteiger partial charge in [-0.25, -0.2) is 0 Å². The summed E-state index contributed by atoms with van der Waals surface area (Å²) in [5.74, 6) is -0.207. The van der Waals surface area contributed by atoms with Gasteiger partial charge >= 0.3 is 0 Å². The van der Waals surface area contributed by atoms with Gasteiger partial charge in [0.05, 0.1) is 39.9 Å². The van der Waals surface area contributed by atoms with Crippen molar-refractivity contribution in [2.24, 2.45) is 0 Å². The smallest absolute Gasteiger partial charge is 0.268 e. The summed E-state index contributed by atoms with van der Waals surface area (Å²) in [4.78, 5) is 25.6. The molecule has 0 fully saturated rings. The van der Waals surface area contributed by atoms with Gasteiger partial charge in [-0.05, 0) is 77.0 Å². The van der Waals surface area contributed by atoms with Crippen LogP contribution in [0.4, 0.5) is 0 Å². The van der Waals surface area contributed by atoms with E-state index in [1.165, 1.54) is 295 Å². The SMILES string of the molecule is CCCCCCCCCCCCCCCC/C=C/CC/C=C/CC/C=C/C(O)C(COP(=O)([O-])OCC[N+](C)(C)C)NC(=O)CCCCCCCCCCCCCCCCCCC/C=C\C/C=C\CCCCCCCCCCCCCCCCC. The number of aliphatic hydroxyl groups is 1. The minimum atomic E-state index is -4.62. The zero-order valence-corrected chi connectivity index (χ0v) is 58.2. The van der Waals surface area contributed by atoms with Gasteiger partial charge in [0.15, 0.2) is 0 Å². The molecule has 3 atom stereocenters. The highest BCUT2D eigenvalue weighted by Gasteiger charge is 2.23.